The van der Waals surface area contributed by atoms with Crippen molar-refractivity contribution in [3.63, 3.8) is 0 Å². The van der Waals surface area contributed by atoms with Gasteiger partial charge in [0.2, 0.25) is 0 Å². The zero-order valence-corrected chi connectivity index (χ0v) is 18.8. The molecule has 0 saturated heterocycles. The van der Waals surface area contributed by atoms with Gasteiger partial charge in [0, 0.05) is 21.0 Å². The molecule has 0 aromatic heterocycles. The van der Waals surface area contributed by atoms with E-state index < -0.39 is 17.7 Å². The van der Waals surface area contributed by atoms with Gasteiger partial charge in [-0.1, -0.05) is 30.8 Å². The van der Waals surface area contributed by atoms with Crippen molar-refractivity contribution in [3.8, 4) is 5.75 Å². The lowest BCUT2D eigenvalue weighted by Crippen LogP contribution is -2.16. The highest BCUT2D eigenvalue weighted by atomic mass is 32.2. The van der Waals surface area contributed by atoms with Gasteiger partial charge in [-0.05, 0) is 67.4 Å². The number of carboxylic acid groups (broad SMARTS) is 1. The van der Waals surface area contributed by atoms with Crippen LogP contribution < -0.4 is 10.1 Å². The van der Waals surface area contributed by atoms with Crippen LogP contribution in [0.15, 0.2) is 70.5 Å². The first-order valence-corrected chi connectivity index (χ1v) is 10.8. The van der Waals surface area contributed by atoms with E-state index in [9.17, 15) is 24.3 Å². The molecule has 0 bridgehead atoms. The van der Waals surface area contributed by atoms with Gasteiger partial charge in [-0.3, -0.25) is 14.4 Å². The van der Waals surface area contributed by atoms with Crippen LogP contribution in [0.1, 0.15) is 50.5 Å². The number of amides is 1. The molecular weight excluding hydrogens is 442 g/mol. The van der Waals surface area contributed by atoms with Gasteiger partial charge in [-0.2, -0.15) is 0 Å². The van der Waals surface area contributed by atoms with Gasteiger partial charge in [0.15, 0.2) is 5.78 Å². The zero-order valence-electron chi connectivity index (χ0n) is 18.0. The van der Waals surface area contributed by atoms with Crippen molar-refractivity contribution in [2.24, 2.45) is 0 Å². The summed E-state index contributed by atoms with van der Waals surface area (Å²) in [6.07, 6.45) is 0.978. The molecule has 8 heteroatoms. The van der Waals surface area contributed by atoms with Gasteiger partial charge in [0.1, 0.15) is 5.75 Å². The standard InChI is InChI=1S/C25H21NO6S/c1-3-16-4-8-18(9-5-16)33-19-10-6-17(7-11-19)26-24(29)22-12-20(15(2)28)21(25(30)31)13-23(22)32-14-27/h4-14H,3H2,1-2H3,(H,26,29)(H,30,31). The van der Waals surface area contributed by atoms with Crippen molar-refractivity contribution in [2.45, 2.75) is 30.1 Å². The number of ether oxygens (including phenoxy) is 1. The average Bonchev–Trinajstić information content (AvgIpc) is 2.80. The van der Waals surface area contributed by atoms with Crippen LogP contribution >= 0.6 is 11.8 Å². The highest BCUT2D eigenvalue weighted by molar-refractivity contribution is 7.99. The third-order valence-electron chi connectivity index (χ3n) is 4.83. The van der Waals surface area contributed by atoms with E-state index in [1.54, 1.807) is 23.9 Å². The van der Waals surface area contributed by atoms with E-state index in [1.165, 1.54) is 12.5 Å². The van der Waals surface area contributed by atoms with E-state index >= 15 is 0 Å². The maximum absolute atomic E-state index is 12.8. The van der Waals surface area contributed by atoms with Crippen molar-refractivity contribution < 1.29 is 29.0 Å². The van der Waals surface area contributed by atoms with Crippen LogP contribution in [-0.4, -0.2) is 29.2 Å². The van der Waals surface area contributed by atoms with Gasteiger partial charge in [-0.25, -0.2) is 4.79 Å². The molecule has 0 radical (unpaired) electrons. The number of Topliss-reactive ketones (excluding diaryl/α,β-unsaturated/α-hetero) is 1. The normalized spacial score (nSPS) is 10.4. The lowest BCUT2D eigenvalue weighted by Gasteiger charge is -2.12. The fourth-order valence-electron chi connectivity index (χ4n) is 3.11. The Morgan fingerprint density at radius 2 is 1.55 bits per heavy atom. The number of ketones is 1. The Bertz CT molecular complexity index is 1200. The van der Waals surface area contributed by atoms with Crippen LogP contribution in [0.2, 0.25) is 0 Å². The van der Waals surface area contributed by atoms with Crippen molar-refractivity contribution in [2.75, 3.05) is 5.32 Å². The number of hydrogen-bond donors (Lipinski definition) is 2. The molecule has 0 aliphatic rings. The van der Waals surface area contributed by atoms with Crippen LogP contribution in [0, 0.1) is 0 Å². The number of aryl methyl sites for hydroxylation is 1. The number of carbonyl (C=O) groups is 4. The van der Waals surface area contributed by atoms with Gasteiger partial charge < -0.3 is 15.2 Å². The minimum absolute atomic E-state index is 0.0875. The molecule has 168 valence electrons. The zero-order chi connectivity index (χ0) is 24.0. The minimum atomic E-state index is -1.37. The van der Waals surface area contributed by atoms with Crippen molar-refractivity contribution in [3.05, 3.63) is 82.9 Å². The first-order valence-electron chi connectivity index (χ1n) is 10.0. The maximum Gasteiger partial charge on any atom is 0.336 e. The quantitative estimate of drug-likeness (QED) is 0.336. The molecule has 0 unspecified atom stereocenters. The Morgan fingerprint density at radius 3 is 2.06 bits per heavy atom. The number of anilines is 1. The van der Waals surface area contributed by atoms with Crippen LogP contribution in [0.3, 0.4) is 0 Å². The predicted octanol–water partition coefficient (Wildman–Crippen LogP) is 5.09. The van der Waals surface area contributed by atoms with Crippen molar-refractivity contribution in [1.82, 2.24) is 0 Å². The summed E-state index contributed by atoms with van der Waals surface area (Å²) >= 11 is 1.58. The van der Waals surface area contributed by atoms with Gasteiger partial charge >= 0.3 is 5.97 Å². The molecule has 7 nitrogen and oxygen atoms in total. The largest absolute Gasteiger partial charge is 0.478 e. The van der Waals surface area contributed by atoms with Gasteiger partial charge in [-0.15, -0.1) is 0 Å². The third-order valence-corrected chi connectivity index (χ3v) is 5.84. The second kappa shape index (κ2) is 10.6. The van der Waals surface area contributed by atoms with E-state index in [2.05, 4.69) is 36.5 Å². The predicted molar refractivity (Wildman–Crippen MR) is 124 cm³/mol. The first-order chi connectivity index (χ1) is 15.8. The smallest absolute Gasteiger partial charge is 0.336 e. The SMILES string of the molecule is CCc1ccc(Sc2ccc(NC(=O)c3cc(C(C)=O)c(C(=O)O)cc3OC=O)cc2)cc1. The van der Waals surface area contributed by atoms with E-state index in [0.717, 1.165) is 28.3 Å². The number of aromatic carboxylic acids is 1. The lowest BCUT2D eigenvalue weighted by atomic mass is 9.99. The monoisotopic (exact) mass is 463 g/mol. The summed E-state index contributed by atoms with van der Waals surface area (Å²) in [5, 5.41) is 12.0. The highest BCUT2D eigenvalue weighted by Gasteiger charge is 2.22. The molecule has 3 aromatic carbocycles. The summed E-state index contributed by atoms with van der Waals surface area (Å²) in [7, 11) is 0. The molecule has 0 atom stereocenters. The molecule has 0 spiro atoms. The summed E-state index contributed by atoms with van der Waals surface area (Å²) in [5.41, 5.74) is 1.09. The maximum atomic E-state index is 12.8. The second-order valence-corrected chi connectivity index (χ2v) is 8.19. The number of benzene rings is 3. The fourth-order valence-corrected chi connectivity index (χ4v) is 3.93. The molecule has 3 rings (SSSR count). The topological polar surface area (TPSA) is 110 Å². The summed E-state index contributed by atoms with van der Waals surface area (Å²) in [6.45, 7) is 3.38. The number of rotatable bonds is 9. The van der Waals surface area contributed by atoms with Gasteiger partial charge in [0.05, 0.1) is 11.1 Å². The number of hydrogen-bond acceptors (Lipinski definition) is 6. The Balaban J connectivity index is 1.81. The molecular formula is C25H21NO6S. The van der Waals surface area contributed by atoms with E-state index in [0.29, 0.717) is 5.69 Å². The molecule has 2 N–H and O–H groups in total. The third kappa shape index (κ3) is 5.87. The fraction of sp³-hybridized carbons (Fsp3) is 0.120. The molecule has 0 heterocycles. The molecule has 1 amide bonds. The van der Waals surface area contributed by atoms with Gasteiger partial charge in [0.25, 0.3) is 12.4 Å². The Kier molecular flexibility index (Phi) is 7.63. The Labute approximate surface area is 194 Å². The van der Waals surface area contributed by atoms with E-state index in [-0.39, 0.29) is 28.9 Å². The summed E-state index contributed by atoms with van der Waals surface area (Å²) in [4.78, 5) is 49.1. The molecule has 0 aliphatic carbocycles. The van der Waals surface area contributed by atoms with Crippen LogP contribution in [0.25, 0.3) is 0 Å². The molecule has 0 fully saturated rings. The minimum Gasteiger partial charge on any atom is -0.478 e. The lowest BCUT2D eigenvalue weighted by molar-refractivity contribution is -0.120. The Hall–Kier alpha value is -3.91. The molecule has 33 heavy (non-hydrogen) atoms. The summed E-state index contributed by atoms with van der Waals surface area (Å²) in [5.74, 6) is -2.82. The van der Waals surface area contributed by atoms with Crippen molar-refractivity contribution >= 4 is 41.6 Å². The molecule has 0 aliphatic heterocycles. The Morgan fingerprint density at radius 1 is 0.939 bits per heavy atom. The van der Waals surface area contributed by atoms with E-state index in [4.69, 9.17) is 4.74 Å². The second-order valence-electron chi connectivity index (χ2n) is 7.05. The van der Waals surface area contributed by atoms with Crippen molar-refractivity contribution in [1.29, 1.82) is 0 Å². The highest BCUT2D eigenvalue weighted by Crippen LogP contribution is 2.30. The molecule has 3 aromatic rings. The van der Waals surface area contributed by atoms with Crippen LogP contribution in [0.4, 0.5) is 5.69 Å². The molecule has 0 saturated carbocycles. The summed E-state index contributed by atoms with van der Waals surface area (Å²) < 4.78 is 4.80. The van der Waals surface area contributed by atoms with Crippen LogP contribution in [-0.2, 0) is 11.2 Å². The summed E-state index contributed by atoms with van der Waals surface area (Å²) in [6, 6.07) is 17.5. The van der Waals surface area contributed by atoms with Crippen LogP contribution in [0.5, 0.6) is 5.75 Å². The van der Waals surface area contributed by atoms with E-state index in [1.807, 2.05) is 12.1 Å². The average molecular weight is 464 g/mol. The first kappa shape index (κ1) is 23.7. The number of carboxylic acids is 1. The number of carbonyl (C=O) groups excluding carboxylic acids is 3. The number of nitrogens with one attached hydrogen (secondary N) is 1.